The van der Waals surface area contributed by atoms with Crippen LogP contribution in [0.3, 0.4) is 0 Å². The molecule has 0 unspecified atom stereocenters. The molecule has 1 aliphatic rings. The lowest BCUT2D eigenvalue weighted by molar-refractivity contribution is -0.134. The van der Waals surface area contributed by atoms with E-state index in [4.69, 9.17) is 4.74 Å². The van der Waals surface area contributed by atoms with Crippen LogP contribution in [-0.4, -0.2) is 11.8 Å². The second kappa shape index (κ2) is 5.52. The van der Waals surface area contributed by atoms with Crippen molar-refractivity contribution in [3.63, 3.8) is 0 Å². The van der Waals surface area contributed by atoms with Crippen LogP contribution in [0.5, 0.6) is 5.75 Å². The van der Waals surface area contributed by atoms with E-state index in [9.17, 15) is 9.59 Å². The third-order valence-electron chi connectivity index (χ3n) is 3.65. The van der Waals surface area contributed by atoms with E-state index in [1.807, 2.05) is 37.3 Å². The first-order chi connectivity index (χ1) is 10.2. The number of hydrogen-bond acceptors (Lipinski definition) is 3. The minimum atomic E-state index is -0.263. The van der Waals surface area contributed by atoms with Gasteiger partial charge in [-0.2, -0.15) is 0 Å². The molecule has 0 radical (unpaired) electrons. The maximum atomic E-state index is 12.5. The highest BCUT2D eigenvalue weighted by Crippen LogP contribution is 2.29. The first-order valence-electron chi connectivity index (χ1n) is 7.15. The molecule has 0 fully saturated rings. The molecule has 0 amide bonds. The van der Waals surface area contributed by atoms with Crippen molar-refractivity contribution in [2.45, 2.75) is 26.2 Å². The number of ether oxygens (including phenoxy) is 1. The lowest BCUT2D eigenvalue weighted by atomic mass is 9.85. The highest BCUT2D eigenvalue weighted by atomic mass is 16.5. The number of benzene rings is 2. The molecule has 2 aromatic rings. The summed E-state index contributed by atoms with van der Waals surface area (Å²) in [4.78, 5) is 24.1. The zero-order valence-corrected chi connectivity index (χ0v) is 11.9. The minimum Gasteiger partial charge on any atom is -0.427 e. The van der Waals surface area contributed by atoms with Crippen molar-refractivity contribution in [3.05, 3.63) is 64.7 Å². The van der Waals surface area contributed by atoms with Crippen molar-refractivity contribution < 1.29 is 14.3 Å². The second-order valence-electron chi connectivity index (χ2n) is 5.21. The topological polar surface area (TPSA) is 43.4 Å². The average Bonchev–Trinajstić information content (AvgIpc) is 2.48. The fourth-order valence-electron chi connectivity index (χ4n) is 2.62. The van der Waals surface area contributed by atoms with Gasteiger partial charge in [0.05, 0.1) is 0 Å². The summed E-state index contributed by atoms with van der Waals surface area (Å²) in [6, 6.07) is 12.9. The number of rotatable bonds is 3. The SMILES string of the molecule is CCCC(=O)Oc1ccc2c(c1)C(=O)c1ccccc1C2. The van der Waals surface area contributed by atoms with Gasteiger partial charge in [-0.3, -0.25) is 9.59 Å². The van der Waals surface area contributed by atoms with Gasteiger partial charge in [-0.1, -0.05) is 37.3 Å². The summed E-state index contributed by atoms with van der Waals surface area (Å²) >= 11 is 0. The maximum absolute atomic E-state index is 12.5. The number of carbonyl (C=O) groups excluding carboxylic acids is 2. The summed E-state index contributed by atoms with van der Waals surface area (Å²) in [6.45, 7) is 1.93. The molecule has 0 saturated carbocycles. The third kappa shape index (κ3) is 2.59. The second-order valence-corrected chi connectivity index (χ2v) is 5.21. The van der Waals surface area contributed by atoms with Crippen LogP contribution in [0.25, 0.3) is 0 Å². The van der Waals surface area contributed by atoms with Crippen LogP contribution in [-0.2, 0) is 11.2 Å². The minimum absolute atomic E-state index is 0.000223. The van der Waals surface area contributed by atoms with Gasteiger partial charge in [-0.15, -0.1) is 0 Å². The highest BCUT2D eigenvalue weighted by molar-refractivity contribution is 6.12. The normalized spacial score (nSPS) is 12.5. The first-order valence-corrected chi connectivity index (χ1v) is 7.15. The maximum Gasteiger partial charge on any atom is 0.311 e. The van der Waals surface area contributed by atoms with E-state index in [0.717, 1.165) is 29.5 Å². The molecule has 0 aliphatic heterocycles. The van der Waals surface area contributed by atoms with Crippen molar-refractivity contribution in [2.75, 3.05) is 0 Å². The zero-order valence-electron chi connectivity index (χ0n) is 11.9. The van der Waals surface area contributed by atoms with Crippen LogP contribution in [0.4, 0.5) is 0 Å². The quantitative estimate of drug-likeness (QED) is 0.544. The lowest BCUT2D eigenvalue weighted by Gasteiger charge is -2.18. The van der Waals surface area contributed by atoms with Gasteiger partial charge in [0.2, 0.25) is 0 Å². The largest absolute Gasteiger partial charge is 0.427 e. The van der Waals surface area contributed by atoms with E-state index in [1.165, 1.54) is 0 Å². The predicted octanol–water partition coefficient (Wildman–Crippen LogP) is 3.53. The van der Waals surface area contributed by atoms with Crippen LogP contribution < -0.4 is 4.74 Å². The summed E-state index contributed by atoms with van der Waals surface area (Å²) in [7, 11) is 0. The van der Waals surface area contributed by atoms with E-state index in [1.54, 1.807) is 12.1 Å². The average molecular weight is 280 g/mol. The third-order valence-corrected chi connectivity index (χ3v) is 3.65. The Kier molecular flexibility index (Phi) is 3.57. The zero-order chi connectivity index (χ0) is 14.8. The van der Waals surface area contributed by atoms with Crippen molar-refractivity contribution in [2.24, 2.45) is 0 Å². The summed E-state index contributed by atoms with van der Waals surface area (Å²) < 4.78 is 5.27. The molecule has 0 spiro atoms. The molecule has 2 aromatic carbocycles. The Labute approximate surface area is 123 Å². The summed E-state index contributed by atoms with van der Waals surface area (Å²) in [6.07, 6.45) is 1.87. The van der Waals surface area contributed by atoms with Gasteiger partial charge in [-0.25, -0.2) is 0 Å². The molecule has 3 rings (SSSR count). The van der Waals surface area contributed by atoms with Crippen LogP contribution in [0.1, 0.15) is 46.8 Å². The molecule has 0 N–H and O–H groups in total. The number of esters is 1. The predicted molar refractivity (Wildman–Crippen MR) is 79.7 cm³/mol. The summed E-state index contributed by atoms with van der Waals surface area (Å²) in [5.74, 6) is 0.182. The standard InChI is InChI=1S/C18H16O3/c1-2-5-17(19)21-14-9-8-13-10-12-6-3-4-7-15(12)18(20)16(13)11-14/h3-4,6-9,11H,2,5,10H2,1H3. The molecule has 0 heterocycles. The van der Waals surface area contributed by atoms with Crippen molar-refractivity contribution in [1.82, 2.24) is 0 Å². The Morgan fingerprint density at radius 1 is 1.10 bits per heavy atom. The molecule has 0 aromatic heterocycles. The molecule has 106 valence electrons. The number of carbonyl (C=O) groups is 2. The van der Waals surface area contributed by atoms with Crippen LogP contribution in [0.15, 0.2) is 42.5 Å². The van der Waals surface area contributed by atoms with E-state index < -0.39 is 0 Å². The Morgan fingerprint density at radius 3 is 2.67 bits per heavy atom. The van der Waals surface area contributed by atoms with E-state index in [2.05, 4.69) is 0 Å². The van der Waals surface area contributed by atoms with E-state index in [0.29, 0.717) is 17.7 Å². The summed E-state index contributed by atoms with van der Waals surface area (Å²) in [5.41, 5.74) is 3.40. The number of fused-ring (bicyclic) bond motifs is 2. The Morgan fingerprint density at radius 2 is 1.86 bits per heavy atom. The smallest absolute Gasteiger partial charge is 0.311 e. The van der Waals surface area contributed by atoms with Crippen LogP contribution in [0, 0.1) is 0 Å². The first kappa shape index (κ1) is 13.6. The fourth-order valence-corrected chi connectivity index (χ4v) is 2.62. The monoisotopic (exact) mass is 280 g/mol. The molecule has 21 heavy (non-hydrogen) atoms. The number of hydrogen-bond donors (Lipinski definition) is 0. The Balaban J connectivity index is 1.92. The summed E-state index contributed by atoms with van der Waals surface area (Å²) in [5, 5.41) is 0. The van der Waals surface area contributed by atoms with Crippen molar-refractivity contribution in [3.8, 4) is 5.75 Å². The molecular formula is C18H16O3. The number of ketones is 1. The fraction of sp³-hybridized carbons (Fsp3) is 0.222. The van der Waals surface area contributed by atoms with E-state index >= 15 is 0 Å². The molecule has 0 saturated heterocycles. The van der Waals surface area contributed by atoms with Gasteiger partial charge < -0.3 is 4.74 Å². The molecule has 0 bridgehead atoms. The Bertz CT molecular complexity index is 716. The molecule has 3 heteroatoms. The highest BCUT2D eigenvalue weighted by Gasteiger charge is 2.23. The molecular weight excluding hydrogens is 264 g/mol. The van der Waals surface area contributed by atoms with Crippen LogP contribution in [0.2, 0.25) is 0 Å². The van der Waals surface area contributed by atoms with Gasteiger partial charge in [-0.05, 0) is 36.1 Å². The lowest BCUT2D eigenvalue weighted by Crippen LogP contribution is -2.15. The molecule has 0 atom stereocenters. The molecule has 1 aliphatic carbocycles. The molecule has 3 nitrogen and oxygen atoms in total. The van der Waals surface area contributed by atoms with Crippen LogP contribution >= 0.6 is 0 Å². The van der Waals surface area contributed by atoms with Crippen molar-refractivity contribution in [1.29, 1.82) is 0 Å². The van der Waals surface area contributed by atoms with Gasteiger partial charge in [0.25, 0.3) is 0 Å². The van der Waals surface area contributed by atoms with Gasteiger partial charge in [0.1, 0.15) is 5.75 Å². The van der Waals surface area contributed by atoms with E-state index in [-0.39, 0.29) is 11.8 Å². The van der Waals surface area contributed by atoms with Gasteiger partial charge in [0.15, 0.2) is 5.78 Å². The Hall–Kier alpha value is -2.42. The van der Waals surface area contributed by atoms with Gasteiger partial charge >= 0.3 is 5.97 Å². The van der Waals surface area contributed by atoms with Crippen molar-refractivity contribution >= 4 is 11.8 Å². The van der Waals surface area contributed by atoms with Gasteiger partial charge in [0, 0.05) is 17.5 Å².